The molecule has 1 heterocycles. The number of aromatic nitrogens is 2. The summed E-state index contributed by atoms with van der Waals surface area (Å²) < 4.78 is 38.5. The molecule has 21 heavy (non-hydrogen) atoms. The Morgan fingerprint density at radius 1 is 1.19 bits per heavy atom. The van der Waals surface area contributed by atoms with Crippen LogP contribution < -0.4 is 5.32 Å². The Labute approximate surface area is 121 Å². The molecule has 0 amide bonds. The third-order valence-corrected chi connectivity index (χ3v) is 3.05. The van der Waals surface area contributed by atoms with Gasteiger partial charge in [-0.1, -0.05) is 19.1 Å². The highest BCUT2D eigenvalue weighted by atomic mass is 19.4. The lowest BCUT2D eigenvalue weighted by molar-refractivity contribution is -0.137. The summed E-state index contributed by atoms with van der Waals surface area (Å²) in [7, 11) is 0. The van der Waals surface area contributed by atoms with Crippen molar-refractivity contribution in [2.75, 3.05) is 6.54 Å². The molecule has 1 N–H and O–H groups in total. The SMILES string of the molecule is CCNC(c1cccc(C(F)(F)F)c1)c1cnc(C)cn1. The molecule has 0 saturated carbocycles. The number of halogens is 3. The molecule has 0 aliphatic carbocycles. The zero-order valence-corrected chi connectivity index (χ0v) is 11.8. The van der Waals surface area contributed by atoms with E-state index in [0.717, 1.165) is 17.8 Å². The zero-order valence-electron chi connectivity index (χ0n) is 11.8. The van der Waals surface area contributed by atoms with E-state index in [4.69, 9.17) is 0 Å². The van der Waals surface area contributed by atoms with E-state index >= 15 is 0 Å². The molecule has 1 aromatic heterocycles. The maximum Gasteiger partial charge on any atom is 0.416 e. The first-order chi connectivity index (χ1) is 9.91. The average Bonchev–Trinajstić information content (AvgIpc) is 2.45. The molecule has 0 radical (unpaired) electrons. The lowest BCUT2D eigenvalue weighted by Crippen LogP contribution is -2.23. The van der Waals surface area contributed by atoms with E-state index in [1.807, 2.05) is 13.8 Å². The highest BCUT2D eigenvalue weighted by Gasteiger charge is 2.31. The molecule has 0 bridgehead atoms. The minimum atomic E-state index is -4.36. The molecule has 0 aliphatic rings. The van der Waals surface area contributed by atoms with Crippen molar-refractivity contribution < 1.29 is 13.2 Å². The van der Waals surface area contributed by atoms with Gasteiger partial charge in [0.15, 0.2) is 0 Å². The maximum absolute atomic E-state index is 12.8. The monoisotopic (exact) mass is 295 g/mol. The summed E-state index contributed by atoms with van der Waals surface area (Å²) in [5, 5.41) is 3.14. The second-order valence-corrected chi connectivity index (χ2v) is 4.70. The van der Waals surface area contributed by atoms with Crippen molar-refractivity contribution in [1.82, 2.24) is 15.3 Å². The third-order valence-electron chi connectivity index (χ3n) is 3.05. The standard InChI is InChI=1S/C15H16F3N3/c1-3-19-14(13-9-20-10(2)8-21-13)11-5-4-6-12(7-11)15(16,17)18/h4-9,14,19H,3H2,1-2H3. The Kier molecular flexibility index (Phi) is 4.57. The van der Waals surface area contributed by atoms with E-state index in [0.29, 0.717) is 17.8 Å². The summed E-state index contributed by atoms with van der Waals surface area (Å²) >= 11 is 0. The molecular formula is C15H16F3N3. The van der Waals surface area contributed by atoms with Gasteiger partial charge in [-0.25, -0.2) is 0 Å². The smallest absolute Gasteiger partial charge is 0.305 e. The van der Waals surface area contributed by atoms with Crippen molar-refractivity contribution in [3.63, 3.8) is 0 Å². The predicted molar refractivity (Wildman–Crippen MR) is 73.7 cm³/mol. The number of benzene rings is 1. The second-order valence-electron chi connectivity index (χ2n) is 4.70. The van der Waals surface area contributed by atoms with Gasteiger partial charge in [0, 0.05) is 6.20 Å². The zero-order chi connectivity index (χ0) is 15.5. The lowest BCUT2D eigenvalue weighted by Gasteiger charge is -2.19. The fourth-order valence-electron chi connectivity index (χ4n) is 2.04. The Balaban J connectivity index is 2.41. The minimum absolute atomic E-state index is 0.412. The summed E-state index contributed by atoms with van der Waals surface area (Å²) in [4.78, 5) is 8.41. The first-order valence-electron chi connectivity index (χ1n) is 6.61. The van der Waals surface area contributed by atoms with E-state index in [-0.39, 0.29) is 0 Å². The summed E-state index contributed by atoms with van der Waals surface area (Å²) in [6.07, 6.45) is -1.16. The Hall–Kier alpha value is -1.95. The van der Waals surface area contributed by atoms with Crippen molar-refractivity contribution >= 4 is 0 Å². The molecule has 0 aliphatic heterocycles. The number of rotatable bonds is 4. The quantitative estimate of drug-likeness (QED) is 0.938. The van der Waals surface area contributed by atoms with Gasteiger partial charge in [0.25, 0.3) is 0 Å². The number of nitrogens with one attached hydrogen (secondary N) is 1. The largest absolute Gasteiger partial charge is 0.416 e. The molecule has 1 aromatic carbocycles. The van der Waals surface area contributed by atoms with Crippen LogP contribution in [0, 0.1) is 6.92 Å². The fourth-order valence-corrected chi connectivity index (χ4v) is 2.04. The van der Waals surface area contributed by atoms with Gasteiger partial charge < -0.3 is 5.32 Å². The van der Waals surface area contributed by atoms with Gasteiger partial charge in [-0.3, -0.25) is 9.97 Å². The van der Waals surface area contributed by atoms with Crippen LogP contribution in [0.1, 0.15) is 35.5 Å². The van der Waals surface area contributed by atoms with E-state index in [2.05, 4.69) is 15.3 Å². The lowest BCUT2D eigenvalue weighted by atomic mass is 10.0. The number of alkyl halides is 3. The fraction of sp³-hybridized carbons (Fsp3) is 0.333. The van der Waals surface area contributed by atoms with Crippen molar-refractivity contribution in [2.45, 2.75) is 26.1 Å². The van der Waals surface area contributed by atoms with Crippen LogP contribution in [-0.2, 0) is 6.18 Å². The van der Waals surface area contributed by atoms with Gasteiger partial charge in [-0.15, -0.1) is 0 Å². The third kappa shape index (κ3) is 3.78. The van der Waals surface area contributed by atoms with Crippen LogP contribution >= 0.6 is 0 Å². The van der Waals surface area contributed by atoms with Gasteiger partial charge >= 0.3 is 6.18 Å². The molecular weight excluding hydrogens is 279 g/mol. The van der Waals surface area contributed by atoms with Crippen molar-refractivity contribution in [3.8, 4) is 0 Å². The van der Waals surface area contributed by atoms with Gasteiger partial charge in [0.1, 0.15) is 0 Å². The van der Waals surface area contributed by atoms with Crippen molar-refractivity contribution in [1.29, 1.82) is 0 Å². The van der Waals surface area contributed by atoms with Crippen molar-refractivity contribution in [2.24, 2.45) is 0 Å². The maximum atomic E-state index is 12.8. The Morgan fingerprint density at radius 3 is 2.52 bits per heavy atom. The molecule has 2 aromatic rings. The molecule has 2 rings (SSSR count). The molecule has 3 nitrogen and oxygen atoms in total. The van der Waals surface area contributed by atoms with Crippen LogP contribution in [0.3, 0.4) is 0 Å². The van der Waals surface area contributed by atoms with Crippen molar-refractivity contribution in [3.05, 3.63) is 59.2 Å². The highest BCUT2D eigenvalue weighted by molar-refractivity contribution is 5.32. The molecule has 112 valence electrons. The number of aryl methyl sites for hydroxylation is 1. The molecule has 0 fully saturated rings. The van der Waals surface area contributed by atoms with E-state index in [1.165, 1.54) is 6.07 Å². The minimum Gasteiger partial charge on any atom is -0.305 e. The summed E-state index contributed by atoms with van der Waals surface area (Å²) in [5.41, 5.74) is 1.22. The van der Waals surface area contributed by atoms with Gasteiger partial charge in [0.05, 0.1) is 29.2 Å². The summed E-state index contributed by atoms with van der Waals surface area (Å²) in [6.45, 7) is 4.31. The summed E-state index contributed by atoms with van der Waals surface area (Å²) in [6, 6.07) is 4.86. The molecule has 6 heteroatoms. The molecule has 1 atom stereocenters. The van der Waals surface area contributed by atoms with Gasteiger partial charge in [-0.2, -0.15) is 13.2 Å². The van der Waals surface area contributed by atoms with Crippen LogP contribution in [0.25, 0.3) is 0 Å². The summed E-state index contributed by atoms with van der Waals surface area (Å²) in [5.74, 6) is 0. The topological polar surface area (TPSA) is 37.8 Å². The average molecular weight is 295 g/mol. The second kappa shape index (κ2) is 6.22. The number of hydrogen-bond acceptors (Lipinski definition) is 3. The van der Waals surface area contributed by atoms with Crippen LogP contribution in [0.4, 0.5) is 13.2 Å². The first kappa shape index (κ1) is 15.4. The molecule has 0 saturated heterocycles. The molecule has 1 unspecified atom stereocenters. The van der Waals surface area contributed by atoms with E-state index in [9.17, 15) is 13.2 Å². The highest BCUT2D eigenvalue weighted by Crippen LogP contribution is 2.31. The van der Waals surface area contributed by atoms with Crippen LogP contribution in [0.5, 0.6) is 0 Å². The Morgan fingerprint density at radius 2 is 1.95 bits per heavy atom. The number of nitrogens with zero attached hydrogens (tertiary/aromatic N) is 2. The van der Waals surface area contributed by atoms with Crippen LogP contribution in [0.15, 0.2) is 36.7 Å². The van der Waals surface area contributed by atoms with E-state index < -0.39 is 17.8 Å². The van der Waals surface area contributed by atoms with Crippen LogP contribution in [-0.4, -0.2) is 16.5 Å². The Bertz CT molecular complexity index is 594. The first-order valence-corrected chi connectivity index (χ1v) is 6.61. The van der Waals surface area contributed by atoms with Gasteiger partial charge in [-0.05, 0) is 31.2 Å². The van der Waals surface area contributed by atoms with Crippen LogP contribution in [0.2, 0.25) is 0 Å². The number of hydrogen-bond donors (Lipinski definition) is 1. The van der Waals surface area contributed by atoms with E-state index in [1.54, 1.807) is 18.5 Å². The molecule has 0 spiro atoms. The van der Waals surface area contributed by atoms with Gasteiger partial charge in [0.2, 0.25) is 0 Å². The predicted octanol–water partition coefficient (Wildman–Crippen LogP) is 3.50. The normalized spacial score (nSPS) is 13.2.